The van der Waals surface area contributed by atoms with Gasteiger partial charge in [-0.25, -0.2) is 4.98 Å². The van der Waals surface area contributed by atoms with Crippen LogP contribution in [0.1, 0.15) is 13.8 Å². The molecule has 1 aromatic heterocycles. The van der Waals surface area contributed by atoms with Crippen molar-refractivity contribution in [2.75, 3.05) is 5.32 Å². The van der Waals surface area contributed by atoms with Gasteiger partial charge in [0.15, 0.2) is 11.4 Å². The maximum Gasteiger partial charge on any atom is 0.268 e. The van der Waals surface area contributed by atoms with Gasteiger partial charge < -0.3 is 10.1 Å². The number of rotatable bonds is 0. The lowest BCUT2D eigenvalue weighted by molar-refractivity contribution is -0.129. The highest BCUT2D eigenvalue weighted by molar-refractivity contribution is 9.10. The molecule has 74 valence electrons. The summed E-state index contributed by atoms with van der Waals surface area (Å²) in [5.41, 5.74) is -0.199. The lowest BCUT2D eigenvalue weighted by atomic mass is 10.1. The Morgan fingerprint density at radius 1 is 1.57 bits per heavy atom. The van der Waals surface area contributed by atoms with Crippen molar-refractivity contribution in [2.45, 2.75) is 19.4 Å². The van der Waals surface area contributed by atoms with E-state index in [4.69, 9.17) is 4.74 Å². The first-order valence-corrected chi connectivity index (χ1v) is 4.95. The number of amides is 1. The number of anilines is 1. The van der Waals surface area contributed by atoms with Gasteiger partial charge in [0.1, 0.15) is 4.60 Å². The number of nitrogens with zero attached hydrogens (tertiary/aromatic N) is 1. The minimum Gasteiger partial charge on any atom is -0.473 e. The van der Waals surface area contributed by atoms with Crippen LogP contribution < -0.4 is 10.1 Å². The van der Waals surface area contributed by atoms with Crippen LogP contribution in [0.4, 0.5) is 5.69 Å². The third-order valence-electron chi connectivity index (χ3n) is 2.01. The molecule has 1 aromatic rings. The van der Waals surface area contributed by atoms with Gasteiger partial charge in [0.2, 0.25) is 0 Å². The molecule has 1 aliphatic heterocycles. The number of ether oxygens (including phenoxy) is 1. The Labute approximate surface area is 89.8 Å². The second kappa shape index (κ2) is 2.95. The molecule has 0 saturated heterocycles. The first kappa shape index (κ1) is 9.45. The zero-order valence-corrected chi connectivity index (χ0v) is 9.38. The van der Waals surface area contributed by atoms with Crippen LogP contribution in [0.2, 0.25) is 0 Å². The smallest absolute Gasteiger partial charge is 0.268 e. The number of pyridine rings is 1. The number of carbonyl (C=O) groups is 1. The molecule has 1 N–H and O–H groups in total. The van der Waals surface area contributed by atoms with Gasteiger partial charge in [0.25, 0.3) is 5.91 Å². The van der Waals surface area contributed by atoms with Crippen LogP contribution in [0.3, 0.4) is 0 Å². The maximum absolute atomic E-state index is 11.5. The lowest BCUT2D eigenvalue weighted by Crippen LogP contribution is -2.45. The van der Waals surface area contributed by atoms with Crippen LogP contribution in [0.5, 0.6) is 5.75 Å². The van der Waals surface area contributed by atoms with Crippen LogP contribution in [0.25, 0.3) is 0 Å². The summed E-state index contributed by atoms with van der Waals surface area (Å²) in [5, 5.41) is 2.76. The number of carbonyl (C=O) groups excluding carboxylic acids is 1. The van der Waals surface area contributed by atoms with Crippen LogP contribution in [-0.2, 0) is 4.79 Å². The first-order chi connectivity index (χ1) is 6.50. The van der Waals surface area contributed by atoms with E-state index in [1.807, 2.05) is 0 Å². The summed E-state index contributed by atoms with van der Waals surface area (Å²) in [6.07, 6.45) is 1.60. The molecule has 2 heterocycles. The Kier molecular flexibility index (Phi) is 1.99. The molecule has 0 atom stereocenters. The van der Waals surface area contributed by atoms with Crippen molar-refractivity contribution in [1.82, 2.24) is 4.98 Å². The fraction of sp³-hybridized carbons (Fsp3) is 0.333. The third kappa shape index (κ3) is 1.37. The highest BCUT2D eigenvalue weighted by atomic mass is 79.9. The van der Waals surface area contributed by atoms with Gasteiger partial charge in [-0.3, -0.25) is 4.79 Å². The Morgan fingerprint density at radius 3 is 3.00 bits per heavy atom. The highest BCUT2D eigenvalue weighted by Gasteiger charge is 2.36. The van der Waals surface area contributed by atoms with Gasteiger partial charge in [-0.1, -0.05) is 0 Å². The molecule has 1 aliphatic rings. The molecule has 1 amide bonds. The summed E-state index contributed by atoms with van der Waals surface area (Å²) in [4.78, 5) is 15.5. The monoisotopic (exact) mass is 256 g/mol. The van der Waals surface area contributed by atoms with E-state index in [1.54, 1.807) is 26.1 Å². The average Bonchev–Trinajstić information content (AvgIpc) is 2.09. The van der Waals surface area contributed by atoms with E-state index in [-0.39, 0.29) is 5.91 Å². The highest BCUT2D eigenvalue weighted by Crippen LogP contribution is 2.37. The van der Waals surface area contributed by atoms with E-state index in [9.17, 15) is 4.79 Å². The van der Waals surface area contributed by atoms with Crippen molar-refractivity contribution < 1.29 is 9.53 Å². The molecule has 0 unspecified atom stereocenters. The molecule has 0 aliphatic carbocycles. The predicted octanol–water partition coefficient (Wildman–Crippen LogP) is 1.95. The van der Waals surface area contributed by atoms with Crippen LogP contribution in [-0.4, -0.2) is 16.5 Å². The summed E-state index contributed by atoms with van der Waals surface area (Å²) in [7, 11) is 0. The molecule has 14 heavy (non-hydrogen) atoms. The fourth-order valence-electron chi connectivity index (χ4n) is 1.19. The molecular formula is C9H9BrN2O2. The standard InChI is InChI=1S/C9H9BrN2O2/c1-9(2)8(13)12-5-3-4-11-7(10)6(5)14-9/h3-4H,1-2H3,(H,12,13). The van der Waals surface area contributed by atoms with Crippen molar-refractivity contribution in [2.24, 2.45) is 0 Å². The number of hydrogen-bond donors (Lipinski definition) is 1. The molecule has 5 heteroatoms. The molecule has 2 rings (SSSR count). The van der Waals surface area contributed by atoms with E-state index in [1.165, 1.54) is 0 Å². The Hall–Kier alpha value is -1.10. The Morgan fingerprint density at radius 2 is 2.29 bits per heavy atom. The van der Waals surface area contributed by atoms with E-state index < -0.39 is 5.60 Å². The Balaban J connectivity index is 2.51. The van der Waals surface area contributed by atoms with E-state index >= 15 is 0 Å². The van der Waals surface area contributed by atoms with Gasteiger partial charge in [-0.15, -0.1) is 0 Å². The molecule has 0 bridgehead atoms. The average molecular weight is 257 g/mol. The van der Waals surface area contributed by atoms with E-state index in [0.29, 0.717) is 16.0 Å². The van der Waals surface area contributed by atoms with Crippen LogP contribution in [0, 0.1) is 0 Å². The van der Waals surface area contributed by atoms with Crippen molar-refractivity contribution in [3.05, 3.63) is 16.9 Å². The summed E-state index contributed by atoms with van der Waals surface area (Å²) in [5.74, 6) is 0.431. The summed E-state index contributed by atoms with van der Waals surface area (Å²) in [6, 6.07) is 1.70. The van der Waals surface area contributed by atoms with Crippen molar-refractivity contribution >= 4 is 27.5 Å². The third-order valence-corrected chi connectivity index (χ3v) is 2.58. The second-order valence-corrected chi connectivity index (χ2v) is 4.30. The lowest BCUT2D eigenvalue weighted by Gasteiger charge is -2.31. The summed E-state index contributed by atoms with van der Waals surface area (Å²) < 4.78 is 6.14. The van der Waals surface area contributed by atoms with Crippen LogP contribution >= 0.6 is 15.9 Å². The van der Waals surface area contributed by atoms with Crippen molar-refractivity contribution in [3.8, 4) is 5.75 Å². The molecule has 0 fully saturated rings. The molecule has 0 radical (unpaired) electrons. The molecule has 0 spiro atoms. The van der Waals surface area contributed by atoms with E-state index in [0.717, 1.165) is 0 Å². The zero-order chi connectivity index (χ0) is 10.3. The summed E-state index contributed by atoms with van der Waals surface area (Å²) in [6.45, 7) is 3.43. The maximum atomic E-state index is 11.5. The predicted molar refractivity (Wildman–Crippen MR) is 55.3 cm³/mol. The number of nitrogens with one attached hydrogen (secondary N) is 1. The number of halogens is 1. The minimum absolute atomic E-state index is 0.150. The largest absolute Gasteiger partial charge is 0.473 e. The number of aromatic nitrogens is 1. The quantitative estimate of drug-likeness (QED) is 0.723. The normalized spacial score (nSPS) is 18.1. The van der Waals surface area contributed by atoms with Crippen molar-refractivity contribution in [3.63, 3.8) is 0 Å². The van der Waals surface area contributed by atoms with Gasteiger partial charge >= 0.3 is 0 Å². The molecule has 4 nitrogen and oxygen atoms in total. The minimum atomic E-state index is -0.849. The Bertz CT molecular complexity index is 404. The van der Waals surface area contributed by atoms with Gasteiger partial charge in [-0.2, -0.15) is 0 Å². The second-order valence-electron chi connectivity index (χ2n) is 3.54. The van der Waals surface area contributed by atoms with Crippen molar-refractivity contribution in [1.29, 1.82) is 0 Å². The molecular weight excluding hydrogens is 248 g/mol. The fourth-order valence-corrected chi connectivity index (χ4v) is 1.61. The molecule has 0 saturated carbocycles. The topological polar surface area (TPSA) is 51.2 Å². The van der Waals surface area contributed by atoms with Gasteiger partial charge in [0, 0.05) is 6.20 Å². The van der Waals surface area contributed by atoms with Gasteiger partial charge in [0.05, 0.1) is 5.69 Å². The first-order valence-electron chi connectivity index (χ1n) is 4.16. The summed E-state index contributed by atoms with van der Waals surface area (Å²) >= 11 is 3.27. The number of hydrogen-bond acceptors (Lipinski definition) is 3. The SMILES string of the molecule is CC1(C)Oc2c(ccnc2Br)NC1=O. The van der Waals surface area contributed by atoms with Gasteiger partial charge in [-0.05, 0) is 35.8 Å². The number of fused-ring (bicyclic) bond motifs is 1. The zero-order valence-electron chi connectivity index (χ0n) is 7.80. The van der Waals surface area contributed by atoms with Crippen LogP contribution in [0.15, 0.2) is 16.9 Å². The molecule has 0 aromatic carbocycles. The van der Waals surface area contributed by atoms with E-state index in [2.05, 4.69) is 26.2 Å².